The Balaban J connectivity index is 2.66. The predicted molar refractivity (Wildman–Crippen MR) is 55.1 cm³/mol. The molecule has 1 aromatic rings. The van der Waals surface area contributed by atoms with Gasteiger partial charge in [-0.15, -0.1) is 11.6 Å². The van der Waals surface area contributed by atoms with Crippen molar-refractivity contribution < 1.29 is 13.2 Å². The molecule has 0 radical (unpaired) electrons. The van der Waals surface area contributed by atoms with Gasteiger partial charge in [0.2, 0.25) is 0 Å². The van der Waals surface area contributed by atoms with Crippen molar-refractivity contribution in [2.75, 3.05) is 5.88 Å². The molecule has 1 rings (SSSR count). The molecule has 0 saturated heterocycles. The maximum atomic E-state index is 12.3. The topological polar surface area (TPSA) is 0 Å². The van der Waals surface area contributed by atoms with E-state index in [1.807, 2.05) is 0 Å². The summed E-state index contributed by atoms with van der Waals surface area (Å²) in [6.45, 7) is 0. The molecule has 4 heteroatoms. The minimum Gasteiger partial charge on any atom is -0.166 e. The molecule has 0 fully saturated rings. The monoisotopic (exact) mass is 236 g/mol. The van der Waals surface area contributed by atoms with Gasteiger partial charge in [-0.1, -0.05) is 18.2 Å². The fourth-order valence-corrected chi connectivity index (χ4v) is 1.52. The lowest BCUT2D eigenvalue weighted by Crippen LogP contribution is -2.05. The van der Waals surface area contributed by atoms with E-state index < -0.39 is 11.7 Å². The number of unbranched alkanes of at least 4 members (excludes halogenated alkanes) is 1. The Kier molecular flexibility index (Phi) is 4.45. The molecule has 1 aromatic carbocycles. The van der Waals surface area contributed by atoms with Gasteiger partial charge >= 0.3 is 6.18 Å². The first kappa shape index (κ1) is 12.4. The molecule has 0 bridgehead atoms. The fraction of sp³-hybridized carbons (Fsp3) is 0.455. The largest absolute Gasteiger partial charge is 0.416 e. The van der Waals surface area contributed by atoms with E-state index in [9.17, 15) is 13.2 Å². The van der Waals surface area contributed by atoms with Gasteiger partial charge in [0, 0.05) is 5.88 Å². The van der Waals surface area contributed by atoms with Crippen molar-refractivity contribution in [2.45, 2.75) is 25.4 Å². The number of hydrogen-bond acceptors (Lipinski definition) is 0. The molecule has 0 nitrogen and oxygen atoms in total. The first-order valence-corrected chi connectivity index (χ1v) is 5.29. The first-order valence-electron chi connectivity index (χ1n) is 4.76. The number of rotatable bonds is 4. The molecule has 0 spiro atoms. The third-order valence-electron chi connectivity index (χ3n) is 2.10. The van der Waals surface area contributed by atoms with Crippen LogP contribution in [0.4, 0.5) is 13.2 Å². The van der Waals surface area contributed by atoms with Crippen LogP contribution in [-0.2, 0) is 12.6 Å². The van der Waals surface area contributed by atoms with Crippen molar-refractivity contribution in [2.24, 2.45) is 0 Å². The van der Waals surface area contributed by atoms with Gasteiger partial charge in [-0.25, -0.2) is 0 Å². The first-order chi connectivity index (χ1) is 7.04. The molecule has 15 heavy (non-hydrogen) atoms. The fourth-order valence-electron chi connectivity index (χ4n) is 1.33. The Labute approximate surface area is 92.1 Å². The summed E-state index contributed by atoms with van der Waals surface area (Å²) in [7, 11) is 0. The summed E-state index contributed by atoms with van der Waals surface area (Å²) in [5, 5.41) is 0. The molecule has 0 aromatic heterocycles. The summed E-state index contributed by atoms with van der Waals surface area (Å²) < 4.78 is 37.0. The van der Waals surface area contributed by atoms with Crippen molar-refractivity contribution in [3.63, 3.8) is 0 Å². The van der Waals surface area contributed by atoms with Gasteiger partial charge in [-0.2, -0.15) is 13.2 Å². The third-order valence-corrected chi connectivity index (χ3v) is 2.37. The van der Waals surface area contributed by atoms with Gasteiger partial charge in [-0.3, -0.25) is 0 Å². The Bertz CT molecular complexity index is 307. The Morgan fingerprint density at radius 3 is 2.47 bits per heavy atom. The third kappa shape index (κ3) is 4.12. The van der Waals surface area contributed by atoms with E-state index in [-0.39, 0.29) is 0 Å². The molecule has 0 N–H and O–H groups in total. The number of benzene rings is 1. The zero-order valence-electron chi connectivity index (χ0n) is 8.15. The summed E-state index contributed by atoms with van der Waals surface area (Å²) in [5.74, 6) is 0.555. The van der Waals surface area contributed by atoms with Crippen LogP contribution >= 0.6 is 11.6 Å². The van der Waals surface area contributed by atoms with Crippen molar-refractivity contribution in [1.29, 1.82) is 0 Å². The van der Waals surface area contributed by atoms with Crippen LogP contribution in [0.1, 0.15) is 24.0 Å². The molecule has 0 heterocycles. The normalized spacial score (nSPS) is 11.7. The highest BCUT2D eigenvalue weighted by Crippen LogP contribution is 2.29. The van der Waals surface area contributed by atoms with Crippen LogP contribution in [0.25, 0.3) is 0 Å². The molecule has 0 amide bonds. The highest BCUT2D eigenvalue weighted by molar-refractivity contribution is 6.17. The standard InChI is InChI=1S/C11H12ClF3/c12-7-2-1-4-9-5-3-6-10(8-9)11(13,14)15/h3,5-6,8H,1-2,4,7H2. The number of hydrogen-bond donors (Lipinski definition) is 0. The van der Waals surface area contributed by atoms with Crippen molar-refractivity contribution in [3.8, 4) is 0 Å². The minimum atomic E-state index is -4.25. The van der Waals surface area contributed by atoms with E-state index in [1.165, 1.54) is 12.1 Å². The SMILES string of the molecule is FC(F)(F)c1cccc(CCCCCl)c1. The van der Waals surface area contributed by atoms with Gasteiger partial charge < -0.3 is 0 Å². The average molecular weight is 237 g/mol. The Morgan fingerprint density at radius 1 is 1.13 bits per heavy atom. The Hall–Kier alpha value is -0.700. The lowest BCUT2D eigenvalue weighted by molar-refractivity contribution is -0.137. The van der Waals surface area contributed by atoms with E-state index in [0.717, 1.165) is 24.5 Å². The van der Waals surface area contributed by atoms with Crippen LogP contribution in [0.15, 0.2) is 24.3 Å². The summed E-state index contributed by atoms with van der Waals surface area (Å²) in [6.07, 6.45) is -1.94. The molecule has 0 unspecified atom stereocenters. The van der Waals surface area contributed by atoms with E-state index in [4.69, 9.17) is 11.6 Å². The van der Waals surface area contributed by atoms with Crippen LogP contribution in [0, 0.1) is 0 Å². The lowest BCUT2D eigenvalue weighted by atomic mass is 10.1. The summed E-state index contributed by atoms with van der Waals surface area (Å²) in [4.78, 5) is 0. The maximum Gasteiger partial charge on any atom is 0.416 e. The van der Waals surface area contributed by atoms with Crippen molar-refractivity contribution in [3.05, 3.63) is 35.4 Å². The summed E-state index contributed by atoms with van der Waals surface area (Å²) in [6, 6.07) is 5.45. The van der Waals surface area contributed by atoms with E-state index in [1.54, 1.807) is 6.07 Å². The highest BCUT2D eigenvalue weighted by atomic mass is 35.5. The van der Waals surface area contributed by atoms with Crippen LogP contribution < -0.4 is 0 Å². The van der Waals surface area contributed by atoms with Gasteiger partial charge in [-0.05, 0) is 30.9 Å². The van der Waals surface area contributed by atoms with Gasteiger partial charge in [0.25, 0.3) is 0 Å². The summed E-state index contributed by atoms with van der Waals surface area (Å²) >= 11 is 5.49. The van der Waals surface area contributed by atoms with Crippen LogP contribution in [0.3, 0.4) is 0 Å². The maximum absolute atomic E-state index is 12.3. The Morgan fingerprint density at radius 2 is 1.87 bits per heavy atom. The lowest BCUT2D eigenvalue weighted by Gasteiger charge is -2.08. The summed E-state index contributed by atoms with van der Waals surface area (Å²) in [5.41, 5.74) is 0.140. The number of halogens is 4. The van der Waals surface area contributed by atoms with Gasteiger partial charge in [0.05, 0.1) is 5.56 Å². The molecule has 0 atom stereocenters. The highest BCUT2D eigenvalue weighted by Gasteiger charge is 2.30. The van der Waals surface area contributed by atoms with Gasteiger partial charge in [0.15, 0.2) is 0 Å². The zero-order valence-corrected chi connectivity index (χ0v) is 8.91. The van der Waals surface area contributed by atoms with Gasteiger partial charge in [0.1, 0.15) is 0 Å². The molecule has 0 aliphatic heterocycles. The second-order valence-corrected chi connectivity index (χ2v) is 3.72. The van der Waals surface area contributed by atoms with Crippen LogP contribution in [-0.4, -0.2) is 5.88 Å². The van der Waals surface area contributed by atoms with Crippen LogP contribution in [0.5, 0.6) is 0 Å². The molecular formula is C11H12ClF3. The molecule has 0 aliphatic rings. The van der Waals surface area contributed by atoms with Crippen molar-refractivity contribution >= 4 is 11.6 Å². The predicted octanol–water partition coefficient (Wildman–Crippen LogP) is 4.27. The smallest absolute Gasteiger partial charge is 0.166 e. The van der Waals surface area contributed by atoms with E-state index in [0.29, 0.717) is 12.3 Å². The molecule has 0 saturated carbocycles. The average Bonchev–Trinajstić information content (AvgIpc) is 2.17. The minimum absolute atomic E-state index is 0.555. The van der Waals surface area contributed by atoms with E-state index >= 15 is 0 Å². The second-order valence-electron chi connectivity index (χ2n) is 3.34. The van der Waals surface area contributed by atoms with E-state index in [2.05, 4.69) is 0 Å². The zero-order chi connectivity index (χ0) is 11.3. The molecule has 84 valence electrons. The number of aryl methyl sites for hydroxylation is 1. The quantitative estimate of drug-likeness (QED) is 0.541. The number of alkyl halides is 4. The molecule has 0 aliphatic carbocycles. The van der Waals surface area contributed by atoms with Crippen molar-refractivity contribution in [1.82, 2.24) is 0 Å². The second kappa shape index (κ2) is 5.40. The molecular weight excluding hydrogens is 225 g/mol. The van der Waals surface area contributed by atoms with Crippen LogP contribution in [0.2, 0.25) is 0 Å².